The maximum atomic E-state index is 13.4. The molecule has 2 fully saturated rings. The number of likely N-dealkylation sites (N-methyl/N-ethyl adjacent to an activating group) is 1. The SMILES string of the molecule is CN1CCN(c2cccc(Cn3c(C(=O)NC[C@@H]4CCCC[C@H]4O)cc4cc(C#N)ccc43)c2)CC1. The summed E-state index contributed by atoms with van der Waals surface area (Å²) in [5, 5.41) is 23.7. The van der Waals surface area contributed by atoms with Crippen LogP contribution < -0.4 is 10.2 Å². The number of carbonyl (C=O) groups excluding carboxylic acids is 1. The molecule has 3 aromatic rings. The van der Waals surface area contributed by atoms with Crippen LogP contribution in [0, 0.1) is 17.2 Å². The number of amides is 1. The number of benzene rings is 2. The van der Waals surface area contributed by atoms with Gasteiger partial charge in [0.05, 0.1) is 17.7 Å². The summed E-state index contributed by atoms with van der Waals surface area (Å²) in [6, 6.07) is 18.2. The molecule has 36 heavy (non-hydrogen) atoms. The van der Waals surface area contributed by atoms with Gasteiger partial charge < -0.3 is 24.8 Å². The summed E-state index contributed by atoms with van der Waals surface area (Å²) in [5.41, 5.74) is 4.43. The lowest BCUT2D eigenvalue weighted by Crippen LogP contribution is -2.44. The molecule has 1 saturated heterocycles. The first-order valence-electron chi connectivity index (χ1n) is 13.0. The summed E-state index contributed by atoms with van der Waals surface area (Å²) in [7, 11) is 2.16. The molecule has 188 valence electrons. The first-order valence-corrected chi connectivity index (χ1v) is 13.0. The Balaban J connectivity index is 1.41. The van der Waals surface area contributed by atoms with Crippen molar-refractivity contribution >= 4 is 22.5 Å². The molecule has 2 heterocycles. The van der Waals surface area contributed by atoms with Crippen LogP contribution in [0.5, 0.6) is 0 Å². The largest absolute Gasteiger partial charge is 0.393 e. The Morgan fingerprint density at radius 1 is 1.08 bits per heavy atom. The quantitative estimate of drug-likeness (QED) is 0.557. The van der Waals surface area contributed by atoms with E-state index in [0.717, 1.165) is 68.3 Å². The second-order valence-corrected chi connectivity index (χ2v) is 10.3. The molecule has 2 aromatic carbocycles. The Morgan fingerprint density at radius 2 is 1.89 bits per heavy atom. The maximum absolute atomic E-state index is 13.4. The van der Waals surface area contributed by atoms with Crippen molar-refractivity contribution in [3.8, 4) is 6.07 Å². The van der Waals surface area contributed by atoms with Gasteiger partial charge in [0, 0.05) is 61.8 Å². The molecule has 1 aliphatic heterocycles. The van der Waals surface area contributed by atoms with Crippen LogP contribution in [0.3, 0.4) is 0 Å². The second kappa shape index (κ2) is 10.7. The number of aliphatic hydroxyl groups excluding tert-OH is 1. The number of hydrogen-bond donors (Lipinski definition) is 2. The smallest absolute Gasteiger partial charge is 0.267 e. The van der Waals surface area contributed by atoms with Crippen molar-refractivity contribution in [2.75, 3.05) is 44.7 Å². The highest BCUT2D eigenvalue weighted by molar-refractivity contribution is 5.99. The lowest BCUT2D eigenvalue weighted by atomic mass is 9.86. The van der Waals surface area contributed by atoms with Gasteiger partial charge >= 0.3 is 0 Å². The maximum Gasteiger partial charge on any atom is 0.267 e. The van der Waals surface area contributed by atoms with Crippen LogP contribution in [-0.2, 0) is 6.54 Å². The van der Waals surface area contributed by atoms with Gasteiger partial charge in [-0.3, -0.25) is 4.79 Å². The molecule has 2 aliphatic rings. The summed E-state index contributed by atoms with van der Waals surface area (Å²) in [5.74, 6) is -0.0382. The van der Waals surface area contributed by atoms with Crippen LogP contribution in [0.25, 0.3) is 10.9 Å². The monoisotopic (exact) mass is 485 g/mol. The highest BCUT2D eigenvalue weighted by Crippen LogP contribution is 2.26. The van der Waals surface area contributed by atoms with Crippen molar-refractivity contribution < 1.29 is 9.90 Å². The molecule has 0 unspecified atom stereocenters. The number of aliphatic hydroxyl groups is 1. The molecule has 5 rings (SSSR count). The minimum Gasteiger partial charge on any atom is -0.393 e. The third-order valence-electron chi connectivity index (χ3n) is 7.78. The molecule has 1 saturated carbocycles. The van der Waals surface area contributed by atoms with Gasteiger partial charge in [0.15, 0.2) is 0 Å². The number of nitrogens with zero attached hydrogens (tertiary/aromatic N) is 4. The standard InChI is InChI=1S/C29H35N5O2/c1-32-11-13-33(14-12-32)25-7-4-5-22(16-25)20-34-26-10-9-21(18-30)15-24(26)17-27(34)29(36)31-19-23-6-2-3-8-28(23)35/h4-5,7,9-10,15-17,23,28,35H,2-3,6,8,11-14,19-20H2,1H3,(H,31,36)/t23-,28+/m0/s1. The van der Waals surface area contributed by atoms with Gasteiger partial charge in [0.2, 0.25) is 0 Å². The fourth-order valence-electron chi connectivity index (χ4n) is 5.54. The molecule has 2 N–H and O–H groups in total. The van der Waals surface area contributed by atoms with E-state index in [-0.39, 0.29) is 17.9 Å². The Bertz CT molecular complexity index is 1270. The van der Waals surface area contributed by atoms with E-state index in [2.05, 4.69) is 52.5 Å². The molecule has 0 bridgehead atoms. The van der Waals surface area contributed by atoms with Gasteiger partial charge in [-0.25, -0.2) is 0 Å². The van der Waals surface area contributed by atoms with E-state index in [0.29, 0.717) is 24.3 Å². The summed E-state index contributed by atoms with van der Waals surface area (Å²) in [6.07, 6.45) is 3.55. The number of nitrogens with one attached hydrogen (secondary N) is 1. The summed E-state index contributed by atoms with van der Waals surface area (Å²) in [6.45, 7) is 5.14. The van der Waals surface area contributed by atoms with Crippen LogP contribution in [0.15, 0.2) is 48.5 Å². The van der Waals surface area contributed by atoms with Crippen LogP contribution in [-0.4, -0.2) is 66.4 Å². The zero-order valence-electron chi connectivity index (χ0n) is 21.0. The van der Waals surface area contributed by atoms with Crippen molar-refractivity contribution in [2.45, 2.75) is 38.3 Å². The first kappa shape index (κ1) is 24.4. The Morgan fingerprint density at radius 3 is 2.67 bits per heavy atom. The number of fused-ring (bicyclic) bond motifs is 1. The number of carbonyl (C=O) groups is 1. The second-order valence-electron chi connectivity index (χ2n) is 10.3. The molecular weight excluding hydrogens is 450 g/mol. The fourth-order valence-corrected chi connectivity index (χ4v) is 5.54. The van der Waals surface area contributed by atoms with Gasteiger partial charge in [-0.05, 0) is 61.9 Å². The average Bonchev–Trinajstić information content (AvgIpc) is 3.26. The Hall–Kier alpha value is -3.34. The predicted octanol–water partition coefficient (Wildman–Crippen LogP) is 3.59. The number of aromatic nitrogens is 1. The van der Waals surface area contributed by atoms with Crippen molar-refractivity contribution in [1.29, 1.82) is 5.26 Å². The molecule has 2 atom stereocenters. The van der Waals surface area contributed by atoms with Gasteiger partial charge in [0.25, 0.3) is 5.91 Å². The number of nitriles is 1. The van der Waals surface area contributed by atoms with Crippen molar-refractivity contribution in [1.82, 2.24) is 14.8 Å². The number of piperazine rings is 1. The lowest BCUT2D eigenvalue weighted by molar-refractivity contribution is 0.0661. The molecule has 1 aliphatic carbocycles. The van der Waals surface area contributed by atoms with Crippen LogP contribution in [0.2, 0.25) is 0 Å². The van der Waals surface area contributed by atoms with E-state index >= 15 is 0 Å². The number of hydrogen-bond acceptors (Lipinski definition) is 5. The Kier molecular flexibility index (Phi) is 7.26. The first-order chi connectivity index (χ1) is 17.5. The number of anilines is 1. The van der Waals surface area contributed by atoms with Crippen molar-refractivity contribution in [3.05, 3.63) is 65.4 Å². The zero-order chi connectivity index (χ0) is 25.1. The van der Waals surface area contributed by atoms with E-state index in [9.17, 15) is 15.2 Å². The summed E-state index contributed by atoms with van der Waals surface area (Å²) in [4.78, 5) is 18.1. The average molecular weight is 486 g/mol. The minimum absolute atomic E-state index is 0.103. The highest BCUT2D eigenvalue weighted by Gasteiger charge is 2.24. The van der Waals surface area contributed by atoms with Gasteiger partial charge in [0.1, 0.15) is 5.69 Å². The highest BCUT2D eigenvalue weighted by atomic mass is 16.3. The van der Waals surface area contributed by atoms with E-state index in [1.165, 1.54) is 5.69 Å². The fraction of sp³-hybridized carbons (Fsp3) is 0.448. The van der Waals surface area contributed by atoms with Crippen LogP contribution >= 0.6 is 0 Å². The lowest BCUT2D eigenvalue weighted by Gasteiger charge is -2.34. The predicted molar refractivity (Wildman–Crippen MR) is 142 cm³/mol. The third-order valence-corrected chi connectivity index (χ3v) is 7.78. The molecule has 1 aromatic heterocycles. The molecule has 1 amide bonds. The van der Waals surface area contributed by atoms with E-state index in [1.54, 1.807) is 6.07 Å². The zero-order valence-corrected chi connectivity index (χ0v) is 21.0. The van der Waals surface area contributed by atoms with E-state index in [4.69, 9.17) is 0 Å². The topological polar surface area (TPSA) is 84.5 Å². The Labute approximate surface area is 212 Å². The third kappa shape index (κ3) is 5.25. The molecule has 7 heteroatoms. The number of rotatable bonds is 6. The van der Waals surface area contributed by atoms with Crippen molar-refractivity contribution in [2.24, 2.45) is 5.92 Å². The molecular formula is C29H35N5O2. The van der Waals surface area contributed by atoms with Gasteiger partial charge in [-0.1, -0.05) is 25.0 Å². The van der Waals surface area contributed by atoms with Crippen LogP contribution in [0.4, 0.5) is 5.69 Å². The van der Waals surface area contributed by atoms with E-state index in [1.807, 2.05) is 22.8 Å². The van der Waals surface area contributed by atoms with Gasteiger partial charge in [-0.2, -0.15) is 5.26 Å². The summed E-state index contributed by atoms with van der Waals surface area (Å²) >= 11 is 0. The molecule has 0 radical (unpaired) electrons. The van der Waals surface area contributed by atoms with Crippen molar-refractivity contribution in [3.63, 3.8) is 0 Å². The summed E-state index contributed by atoms with van der Waals surface area (Å²) < 4.78 is 2.05. The van der Waals surface area contributed by atoms with Gasteiger partial charge in [-0.15, -0.1) is 0 Å². The molecule has 0 spiro atoms. The van der Waals surface area contributed by atoms with Crippen LogP contribution in [0.1, 0.15) is 47.3 Å². The molecule has 7 nitrogen and oxygen atoms in total. The minimum atomic E-state index is -0.347. The van der Waals surface area contributed by atoms with E-state index < -0.39 is 0 Å². The normalized spacial score (nSPS) is 20.9.